The number of fused-ring (bicyclic) bond motifs is 1. The van der Waals surface area contributed by atoms with Crippen molar-refractivity contribution in [1.82, 2.24) is 19.5 Å². The van der Waals surface area contributed by atoms with Crippen LogP contribution in [0, 0.1) is 0 Å². The highest BCUT2D eigenvalue weighted by molar-refractivity contribution is 7.79. The number of nitrogens with two attached hydrogens (primary N) is 1. The molecule has 0 aromatic carbocycles. The van der Waals surface area contributed by atoms with Gasteiger partial charge >= 0.3 is 0 Å². The molecule has 1 saturated heterocycles. The summed E-state index contributed by atoms with van der Waals surface area (Å²) in [5.41, 5.74) is 6.66. The van der Waals surface area contributed by atoms with Crippen LogP contribution in [0.25, 0.3) is 11.2 Å². The Labute approximate surface area is 130 Å². The lowest BCUT2D eigenvalue weighted by Crippen LogP contribution is -2.19. The number of aliphatic hydroxyl groups is 2. The van der Waals surface area contributed by atoms with Gasteiger partial charge in [-0.3, -0.25) is 13.0 Å². The van der Waals surface area contributed by atoms with Gasteiger partial charge in [0.1, 0.15) is 17.9 Å². The predicted molar refractivity (Wildman–Crippen MR) is 71.8 cm³/mol. The Morgan fingerprint density at radius 1 is 1.39 bits per heavy atom. The van der Waals surface area contributed by atoms with Crippen molar-refractivity contribution >= 4 is 27.4 Å². The summed E-state index contributed by atoms with van der Waals surface area (Å²) < 4.78 is 41.2. The van der Waals surface area contributed by atoms with Gasteiger partial charge in [-0.05, 0) is 0 Å². The first-order valence-corrected chi connectivity index (χ1v) is 7.58. The molecule has 0 bridgehead atoms. The topological polar surface area (TPSA) is 200 Å². The molecule has 3 atom stereocenters. The summed E-state index contributed by atoms with van der Waals surface area (Å²) in [6.07, 6.45) is 1.52. The van der Waals surface area contributed by atoms with E-state index in [2.05, 4.69) is 15.0 Å². The molecule has 128 valence electrons. The highest BCUT2D eigenvalue weighted by Crippen LogP contribution is 2.31. The maximum absolute atomic E-state index is 9.93. The van der Waals surface area contributed by atoms with Crippen molar-refractivity contribution in [2.24, 2.45) is 0 Å². The quantitative estimate of drug-likeness (QED) is 0.390. The summed E-state index contributed by atoms with van der Waals surface area (Å²) in [5.74, 6) is 0.282. The largest absolute Gasteiger partial charge is 0.759 e. The first-order chi connectivity index (χ1) is 10.7. The second-order valence-electron chi connectivity index (χ2n) is 4.63. The average molecular weight is 347 g/mol. The third-order valence-corrected chi connectivity index (χ3v) is 3.03. The standard InChI is InChI=1S/C10H13N5O3.H2O4S/c11-8-7-9(13-3-12-8)15(4-14-7)10-6(17)1-5(2-16)18-10;1-5(2,3)4/h3-6,10,16-17H,1-2H2,(H2,11,12,13);(H2,1,2,3,4)/p-2/t5-,6+,10+;/m0./s1. The maximum Gasteiger partial charge on any atom is 0.167 e. The Morgan fingerprint density at radius 2 is 2.04 bits per heavy atom. The predicted octanol–water partition coefficient (Wildman–Crippen LogP) is -2.29. The molecule has 2 aromatic heterocycles. The molecule has 1 fully saturated rings. The van der Waals surface area contributed by atoms with Gasteiger partial charge in [0.05, 0.1) is 19.0 Å². The van der Waals surface area contributed by atoms with Gasteiger partial charge in [-0.1, -0.05) is 0 Å². The first kappa shape index (κ1) is 17.5. The third-order valence-electron chi connectivity index (χ3n) is 3.03. The van der Waals surface area contributed by atoms with Crippen molar-refractivity contribution in [3.05, 3.63) is 12.7 Å². The summed E-state index contributed by atoms with van der Waals surface area (Å²) in [4.78, 5) is 12.0. The molecule has 0 radical (unpaired) electrons. The van der Waals surface area contributed by atoms with Gasteiger partial charge in [0.25, 0.3) is 0 Å². The minimum atomic E-state index is -5.17. The van der Waals surface area contributed by atoms with Crippen LogP contribution in [0.5, 0.6) is 0 Å². The Morgan fingerprint density at radius 3 is 2.61 bits per heavy atom. The Kier molecular flexibility index (Phi) is 5.08. The summed E-state index contributed by atoms with van der Waals surface area (Å²) in [6.45, 7) is -0.128. The number of hydrogen-bond donors (Lipinski definition) is 3. The lowest BCUT2D eigenvalue weighted by molar-refractivity contribution is -0.0486. The van der Waals surface area contributed by atoms with Crippen LogP contribution in [0.3, 0.4) is 0 Å². The highest BCUT2D eigenvalue weighted by atomic mass is 32.3. The molecule has 12 nitrogen and oxygen atoms in total. The van der Waals surface area contributed by atoms with Crippen LogP contribution in [0.2, 0.25) is 0 Å². The lowest BCUT2D eigenvalue weighted by atomic mass is 10.2. The van der Waals surface area contributed by atoms with Gasteiger partial charge in [-0.15, -0.1) is 0 Å². The van der Waals surface area contributed by atoms with Gasteiger partial charge in [0.15, 0.2) is 17.7 Å². The van der Waals surface area contributed by atoms with E-state index in [4.69, 9.17) is 33.1 Å². The maximum atomic E-state index is 9.93. The number of anilines is 1. The summed E-state index contributed by atoms with van der Waals surface area (Å²) in [5, 5.41) is 19.0. The lowest BCUT2D eigenvalue weighted by Gasteiger charge is -2.16. The number of hydrogen-bond acceptors (Lipinski definition) is 11. The molecular formula is C10H13N5O7S-2. The summed E-state index contributed by atoms with van der Waals surface area (Å²) in [7, 11) is -5.17. The van der Waals surface area contributed by atoms with E-state index in [0.29, 0.717) is 17.6 Å². The molecule has 3 heterocycles. The molecule has 0 aliphatic carbocycles. The fourth-order valence-electron chi connectivity index (χ4n) is 2.15. The van der Waals surface area contributed by atoms with Crippen LogP contribution in [0.4, 0.5) is 5.82 Å². The molecule has 23 heavy (non-hydrogen) atoms. The van der Waals surface area contributed by atoms with Crippen molar-refractivity contribution < 1.29 is 32.5 Å². The summed E-state index contributed by atoms with van der Waals surface area (Å²) >= 11 is 0. The molecule has 4 N–H and O–H groups in total. The van der Waals surface area contributed by atoms with E-state index in [9.17, 15) is 5.11 Å². The van der Waals surface area contributed by atoms with E-state index in [0.717, 1.165) is 0 Å². The van der Waals surface area contributed by atoms with Crippen LogP contribution in [-0.2, 0) is 15.1 Å². The number of nitrogens with zero attached hydrogens (tertiary/aromatic N) is 4. The number of aliphatic hydroxyl groups excluding tert-OH is 2. The number of aromatic nitrogens is 4. The average Bonchev–Trinajstić information content (AvgIpc) is 3.01. The fourth-order valence-corrected chi connectivity index (χ4v) is 2.15. The third kappa shape index (κ3) is 4.31. The molecule has 0 spiro atoms. The van der Waals surface area contributed by atoms with Gasteiger partial charge < -0.3 is 29.8 Å². The Hall–Kier alpha value is -1.90. The fraction of sp³-hybridized carbons (Fsp3) is 0.500. The molecule has 0 unspecified atom stereocenters. The normalized spacial score (nSPS) is 24.4. The SMILES string of the molecule is Nc1ncnc2c1ncn2[C@@H]1O[C@H](CO)C[C@H]1O.O=S(=O)([O-])[O-]. The minimum Gasteiger partial charge on any atom is -0.759 e. The van der Waals surface area contributed by atoms with E-state index < -0.39 is 22.7 Å². The second kappa shape index (κ2) is 6.69. The number of nitrogen functional groups attached to an aromatic ring is 1. The molecule has 0 saturated carbocycles. The van der Waals surface area contributed by atoms with Crippen molar-refractivity contribution in [2.75, 3.05) is 12.3 Å². The van der Waals surface area contributed by atoms with Crippen molar-refractivity contribution in [1.29, 1.82) is 0 Å². The van der Waals surface area contributed by atoms with E-state index in [1.54, 1.807) is 4.57 Å². The van der Waals surface area contributed by atoms with E-state index in [1.807, 2.05) is 0 Å². The Bertz CT molecular complexity index is 771. The van der Waals surface area contributed by atoms with Gasteiger partial charge in [0, 0.05) is 16.8 Å². The van der Waals surface area contributed by atoms with Crippen LogP contribution in [-0.4, -0.2) is 66.1 Å². The van der Waals surface area contributed by atoms with Crippen LogP contribution in [0.15, 0.2) is 12.7 Å². The van der Waals surface area contributed by atoms with Crippen molar-refractivity contribution in [2.45, 2.75) is 24.9 Å². The van der Waals surface area contributed by atoms with Gasteiger partial charge in [-0.2, -0.15) is 0 Å². The first-order valence-electron chi connectivity index (χ1n) is 6.24. The Balaban J connectivity index is 0.000000338. The smallest absolute Gasteiger partial charge is 0.167 e. The molecule has 13 heteroatoms. The van der Waals surface area contributed by atoms with Crippen molar-refractivity contribution in [3.63, 3.8) is 0 Å². The molecule has 3 rings (SSSR count). The monoisotopic (exact) mass is 347 g/mol. The molecular weight excluding hydrogens is 334 g/mol. The zero-order valence-electron chi connectivity index (χ0n) is 11.5. The van der Waals surface area contributed by atoms with Crippen LogP contribution in [0.1, 0.15) is 12.6 Å². The summed E-state index contributed by atoms with van der Waals surface area (Å²) in [6, 6.07) is 0. The molecule has 0 amide bonds. The van der Waals surface area contributed by atoms with E-state index in [1.165, 1.54) is 12.7 Å². The van der Waals surface area contributed by atoms with E-state index >= 15 is 0 Å². The zero-order chi connectivity index (χ0) is 17.2. The van der Waals surface area contributed by atoms with Crippen LogP contribution < -0.4 is 5.73 Å². The van der Waals surface area contributed by atoms with Gasteiger partial charge in [0.2, 0.25) is 0 Å². The number of rotatable bonds is 2. The highest BCUT2D eigenvalue weighted by Gasteiger charge is 2.35. The van der Waals surface area contributed by atoms with E-state index in [-0.39, 0.29) is 18.5 Å². The number of imidazole rings is 1. The molecule has 2 aromatic rings. The van der Waals surface area contributed by atoms with Gasteiger partial charge in [-0.25, -0.2) is 15.0 Å². The van der Waals surface area contributed by atoms with Crippen LogP contribution >= 0.6 is 0 Å². The minimum absolute atomic E-state index is 0.128. The van der Waals surface area contributed by atoms with Crippen molar-refractivity contribution in [3.8, 4) is 0 Å². The molecule has 1 aliphatic heterocycles. The zero-order valence-corrected chi connectivity index (χ0v) is 12.3. The molecule has 1 aliphatic rings. The second-order valence-corrected chi connectivity index (χ2v) is 5.44. The number of ether oxygens (including phenoxy) is 1.